The van der Waals surface area contributed by atoms with Crippen molar-refractivity contribution in [1.29, 1.82) is 0 Å². The molecule has 0 aromatic heterocycles. The highest BCUT2D eigenvalue weighted by molar-refractivity contribution is 5.77. The Kier molecular flexibility index (Phi) is 5.22. The van der Waals surface area contributed by atoms with Gasteiger partial charge in [0.25, 0.3) is 0 Å². The minimum Gasteiger partial charge on any atom is -0.348 e. The second-order valence-corrected chi connectivity index (χ2v) is 4.96. The summed E-state index contributed by atoms with van der Waals surface area (Å²) in [7, 11) is 3.64. The molecule has 0 radical (unpaired) electrons. The Morgan fingerprint density at radius 1 is 1.38 bits per heavy atom. The molecule has 1 aliphatic heterocycles. The first-order chi connectivity index (χ1) is 7.56. The number of likely N-dealkylation sites (N-methyl/N-ethyl adjacent to an activating group) is 1. The predicted octanol–water partition coefficient (Wildman–Crippen LogP) is 0.395. The Hall–Kier alpha value is -0.610. The van der Waals surface area contributed by atoms with Crippen LogP contribution in [0.25, 0.3) is 0 Å². The van der Waals surface area contributed by atoms with E-state index in [0.717, 1.165) is 26.1 Å². The minimum absolute atomic E-state index is 0.201. The van der Waals surface area contributed by atoms with Gasteiger partial charge in [-0.3, -0.25) is 9.69 Å². The quantitative estimate of drug-likeness (QED) is 0.738. The largest absolute Gasteiger partial charge is 0.348 e. The topological polar surface area (TPSA) is 35.6 Å². The first-order valence-electron chi connectivity index (χ1n) is 6.21. The summed E-state index contributed by atoms with van der Waals surface area (Å²) in [5.74, 6) is 0.842. The van der Waals surface area contributed by atoms with E-state index >= 15 is 0 Å². The van der Waals surface area contributed by atoms with E-state index in [9.17, 15) is 4.79 Å². The normalized spacial score (nSPS) is 25.1. The fourth-order valence-corrected chi connectivity index (χ4v) is 2.25. The number of nitrogens with zero attached hydrogens (tertiary/aromatic N) is 2. The van der Waals surface area contributed by atoms with Gasteiger partial charge < -0.3 is 10.2 Å². The Morgan fingerprint density at radius 2 is 2.06 bits per heavy atom. The SMILES string of the molecule is CCCN(CC(=O)N(C)C)C1CNCC1C. The number of rotatable bonds is 5. The molecule has 16 heavy (non-hydrogen) atoms. The van der Waals surface area contributed by atoms with Gasteiger partial charge in [0, 0.05) is 26.7 Å². The molecule has 0 spiro atoms. The van der Waals surface area contributed by atoms with Crippen molar-refractivity contribution in [1.82, 2.24) is 15.1 Å². The van der Waals surface area contributed by atoms with Gasteiger partial charge in [-0.2, -0.15) is 0 Å². The van der Waals surface area contributed by atoms with Gasteiger partial charge in [-0.05, 0) is 25.4 Å². The Morgan fingerprint density at radius 3 is 2.50 bits per heavy atom. The van der Waals surface area contributed by atoms with Gasteiger partial charge in [0.1, 0.15) is 0 Å². The monoisotopic (exact) mass is 227 g/mol. The Labute approximate surface area is 99.0 Å². The summed E-state index contributed by atoms with van der Waals surface area (Å²) >= 11 is 0. The van der Waals surface area contributed by atoms with Gasteiger partial charge in [0.2, 0.25) is 5.91 Å². The first kappa shape index (κ1) is 13.5. The van der Waals surface area contributed by atoms with Crippen LogP contribution in [0.1, 0.15) is 20.3 Å². The number of amides is 1. The van der Waals surface area contributed by atoms with Crippen LogP contribution in [-0.4, -0.2) is 62.0 Å². The van der Waals surface area contributed by atoms with E-state index < -0.39 is 0 Å². The van der Waals surface area contributed by atoms with Crippen molar-refractivity contribution in [3.8, 4) is 0 Å². The average molecular weight is 227 g/mol. The highest BCUT2D eigenvalue weighted by Crippen LogP contribution is 2.15. The molecule has 0 aromatic rings. The van der Waals surface area contributed by atoms with Gasteiger partial charge in [-0.25, -0.2) is 0 Å². The molecular formula is C12H25N3O. The number of nitrogens with one attached hydrogen (secondary N) is 1. The van der Waals surface area contributed by atoms with Crippen molar-refractivity contribution in [2.24, 2.45) is 5.92 Å². The van der Waals surface area contributed by atoms with Crippen LogP contribution < -0.4 is 5.32 Å². The van der Waals surface area contributed by atoms with Crippen LogP contribution in [0.5, 0.6) is 0 Å². The molecule has 0 aliphatic carbocycles. The number of carbonyl (C=O) groups is 1. The van der Waals surface area contributed by atoms with Crippen molar-refractivity contribution >= 4 is 5.91 Å². The number of carbonyl (C=O) groups excluding carboxylic acids is 1. The van der Waals surface area contributed by atoms with E-state index in [1.54, 1.807) is 4.90 Å². The van der Waals surface area contributed by atoms with Gasteiger partial charge in [0.05, 0.1) is 6.54 Å². The maximum Gasteiger partial charge on any atom is 0.236 e. The van der Waals surface area contributed by atoms with Crippen LogP contribution in [0, 0.1) is 5.92 Å². The Balaban J connectivity index is 2.56. The summed E-state index contributed by atoms with van der Waals surface area (Å²) in [6, 6.07) is 0.517. The second kappa shape index (κ2) is 6.21. The van der Waals surface area contributed by atoms with Gasteiger partial charge in [-0.1, -0.05) is 13.8 Å². The highest BCUT2D eigenvalue weighted by atomic mass is 16.2. The van der Waals surface area contributed by atoms with E-state index in [-0.39, 0.29) is 5.91 Å². The molecule has 4 heteroatoms. The van der Waals surface area contributed by atoms with Crippen molar-refractivity contribution in [2.75, 3.05) is 40.3 Å². The molecule has 2 unspecified atom stereocenters. The van der Waals surface area contributed by atoms with Gasteiger partial charge >= 0.3 is 0 Å². The molecule has 0 saturated carbocycles. The molecule has 1 N–H and O–H groups in total. The summed E-state index contributed by atoms with van der Waals surface area (Å²) in [5.41, 5.74) is 0. The molecule has 1 saturated heterocycles. The van der Waals surface area contributed by atoms with Crippen LogP contribution in [0.2, 0.25) is 0 Å². The van der Waals surface area contributed by atoms with Gasteiger partial charge in [0.15, 0.2) is 0 Å². The predicted molar refractivity (Wildman–Crippen MR) is 66.4 cm³/mol. The zero-order valence-electron chi connectivity index (χ0n) is 11.0. The molecular weight excluding hydrogens is 202 g/mol. The lowest BCUT2D eigenvalue weighted by Crippen LogP contribution is -2.46. The third kappa shape index (κ3) is 3.46. The van der Waals surface area contributed by atoms with Crippen molar-refractivity contribution < 1.29 is 4.79 Å². The van der Waals surface area contributed by atoms with E-state index in [1.807, 2.05) is 14.1 Å². The zero-order valence-corrected chi connectivity index (χ0v) is 11.0. The minimum atomic E-state index is 0.201. The second-order valence-electron chi connectivity index (χ2n) is 4.96. The third-order valence-electron chi connectivity index (χ3n) is 3.29. The van der Waals surface area contributed by atoms with Crippen molar-refractivity contribution in [3.63, 3.8) is 0 Å². The number of hydrogen-bond donors (Lipinski definition) is 1. The number of hydrogen-bond acceptors (Lipinski definition) is 3. The standard InChI is InChI=1S/C12H25N3O/c1-5-6-15(9-12(16)14(3)4)11-8-13-7-10(11)2/h10-11,13H,5-9H2,1-4H3. The molecule has 1 heterocycles. The first-order valence-corrected chi connectivity index (χ1v) is 6.21. The molecule has 1 rings (SSSR count). The summed E-state index contributed by atoms with van der Waals surface area (Å²) in [6.07, 6.45) is 1.10. The third-order valence-corrected chi connectivity index (χ3v) is 3.29. The fourth-order valence-electron chi connectivity index (χ4n) is 2.25. The van der Waals surface area contributed by atoms with E-state index in [4.69, 9.17) is 0 Å². The van der Waals surface area contributed by atoms with Crippen LogP contribution in [0.4, 0.5) is 0 Å². The molecule has 1 amide bonds. The summed E-state index contributed by atoms with van der Waals surface area (Å²) in [6.45, 7) is 8.07. The molecule has 1 aliphatic rings. The van der Waals surface area contributed by atoms with E-state index in [2.05, 4.69) is 24.1 Å². The molecule has 0 aromatic carbocycles. The molecule has 2 atom stereocenters. The Bertz CT molecular complexity index is 230. The van der Waals surface area contributed by atoms with Crippen molar-refractivity contribution in [2.45, 2.75) is 26.3 Å². The molecule has 0 bridgehead atoms. The lowest BCUT2D eigenvalue weighted by Gasteiger charge is -2.31. The highest BCUT2D eigenvalue weighted by Gasteiger charge is 2.29. The average Bonchev–Trinajstić information content (AvgIpc) is 2.63. The maximum absolute atomic E-state index is 11.8. The van der Waals surface area contributed by atoms with Crippen LogP contribution in [0.15, 0.2) is 0 Å². The van der Waals surface area contributed by atoms with Crippen LogP contribution in [0.3, 0.4) is 0 Å². The molecule has 4 nitrogen and oxygen atoms in total. The summed E-state index contributed by atoms with van der Waals surface area (Å²) in [5, 5.41) is 3.40. The maximum atomic E-state index is 11.8. The molecule has 1 fully saturated rings. The van der Waals surface area contributed by atoms with Crippen LogP contribution >= 0.6 is 0 Å². The van der Waals surface area contributed by atoms with E-state index in [1.165, 1.54) is 0 Å². The van der Waals surface area contributed by atoms with Crippen molar-refractivity contribution in [3.05, 3.63) is 0 Å². The fraction of sp³-hybridized carbons (Fsp3) is 0.917. The van der Waals surface area contributed by atoms with E-state index in [0.29, 0.717) is 18.5 Å². The smallest absolute Gasteiger partial charge is 0.236 e. The lowest BCUT2D eigenvalue weighted by atomic mass is 10.0. The summed E-state index contributed by atoms with van der Waals surface area (Å²) < 4.78 is 0. The van der Waals surface area contributed by atoms with Gasteiger partial charge in [-0.15, -0.1) is 0 Å². The molecule has 94 valence electrons. The zero-order chi connectivity index (χ0) is 12.1. The summed E-state index contributed by atoms with van der Waals surface area (Å²) in [4.78, 5) is 15.8. The van der Waals surface area contributed by atoms with Crippen LogP contribution in [-0.2, 0) is 4.79 Å². The lowest BCUT2D eigenvalue weighted by molar-refractivity contribution is -0.130.